The van der Waals surface area contributed by atoms with Crippen molar-refractivity contribution in [1.82, 2.24) is 19.6 Å². The highest BCUT2D eigenvalue weighted by Crippen LogP contribution is 2.29. The molecule has 1 aliphatic rings. The van der Waals surface area contributed by atoms with E-state index in [1.807, 2.05) is 46.0 Å². The maximum Gasteiger partial charge on any atom is 0.242 e. The van der Waals surface area contributed by atoms with Gasteiger partial charge in [-0.2, -0.15) is 4.98 Å². The summed E-state index contributed by atoms with van der Waals surface area (Å²) in [5, 5.41) is 5.17. The average Bonchev–Trinajstić information content (AvgIpc) is 3.42. The minimum atomic E-state index is -0.299. The number of carbonyl (C=O) groups is 1. The molecule has 1 fully saturated rings. The van der Waals surface area contributed by atoms with Crippen molar-refractivity contribution in [3.63, 3.8) is 0 Å². The van der Waals surface area contributed by atoms with Crippen molar-refractivity contribution in [2.24, 2.45) is 0 Å². The van der Waals surface area contributed by atoms with E-state index in [9.17, 15) is 9.18 Å². The van der Waals surface area contributed by atoms with Crippen LogP contribution in [0.15, 0.2) is 65.3 Å². The van der Waals surface area contributed by atoms with Gasteiger partial charge >= 0.3 is 0 Å². The second-order valence-corrected chi connectivity index (χ2v) is 7.62. The molecule has 0 N–H and O–H groups in total. The SMILES string of the molecule is O=C(Cn1ccc2ccccc21)N1CCC(c2nc(-c3ccc(F)cc3)no2)CC1. The van der Waals surface area contributed by atoms with E-state index in [-0.39, 0.29) is 17.6 Å². The molecule has 1 aliphatic heterocycles. The molecule has 152 valence electrons. The van der Waals surface area contributed by atoms with Gasteiger partial charge in [-0.05, 0) is 54.6 Å². The lowest BCUT2D eigenvalue weighted by atomic mass is 9.96. The fourth-order valence-corrected chi connectivity index (χ4v) is 4.02. The Morgan fingerprint density at radius 1 is 1.07 bits per heavy atom. The van der Waals surface area contributed by atoms with E-state index in [4.69, 9.17) is 4.52 Å². The molecule has 2 aromatic heterocycles. The first-order valence-electron chi connectivity index (χ1n) is 10.1. The van der Waals surface area contributed by atoms with Gasteiger partial charge in [0.2, 0.25) is 17.6 Å². The molecule has 0 atom stereocenters. The predicted octanol–water partition coefficient (Wildman–Crippen LogP) is 4.24. The number of aromatic nitrogens is 3. The van der Waals surface area contributed by atoms with Crippen LogP contribution in [0.3, 0.4) is 0 Å². The Kier molecular flexibility index (Phi) is 4.78. The standard InChI is InChI=1S/C23H21FN4O2/c24-19-7-5-17(6-8-19)22-25-23(30-26-22)18-10-12-27(13-11-18)21(29)15-28-14-9-16-3-1-2-4-20(16)28/h1-9,14,18H,10-13,15H2. The lowest BCUT2D eigenvalue weighted by Gasteiger charge is -2.30. The zero-order chi connectivity index (χ0) is 20.5. The van der Waals surface area contributed by atoms with Crippen molar-refractivity contribution in [2.45, 2.75) is 25.3 Å². The maximum atomic E-state index is 13.1. The lowest BCUT2D eigenvalue weighted by molar-refractivity contribution is -0.132. The Labute approximate surface area is 172 Å². The van der Waals surface area contributed by atoms with E-state index in [2.05, 4.69) is 10.1 Å². The Balaban J connectivity index is 1.21. The molecule has 0 radical (unpaired) electrons. The summed E-state index contributed by atoms with van der Waals surface area (Å²) < 4.78 is 20.6. The van der Waals surface area contributed by atoms with E-state index < -0.39 is 0 Å². The summed E-state index contributed by atoms with van der Waals surface area (Å²) in [6.07, 6.45) is 3.52. The van der Waals surface area contributed by atoms with Crippen molar-refractivity contribution in [3.8, 4) is 11.4 Å². The molecule has 30 heavy (non-hydrogen) atoms. The quantitative estimate of drug-likeness (QED) is 0.510. The molecule has 5 rings (SSSR count). The van der Waals surface area contributed by atoms with Crippen LogP contribution in [-0.4, -0.2) is 38.6 Å². The smallest absolute Gasteiger partial charge is 0.242 e. The van der Waals surface area contributed by atoms with Gasteiger partial charge in [0.1, 0.15) is 12.4 Å². The van der Waals surface area contributed by atoms with E-state index in [1.54, 1.807) is 12.1 Å². The molecular formula is C23H21FN4O2. The van der Waals surface area contributed by atoms with Gasteiger partial charge in [0.05, 0.1) is 0 Å². The molecule has 0 bridgehead atoms. The Morgan fingerprint density at radius 3 is 2.63 bits per heavy atom. The molecule has 4 aromatic rings. The lowest BCUT2D eigenvalue weighted by Crippen LogP contribution is -2.39. The number of para-hydroxylation sites is 1. The normalized spacial score (nSPS) is 15.0. The van der Waals surface area contributed by atoms with Crippen molar-refractivity contribution in [1.29, 1.82) is 0 Å². The van der Waals surface area contributed by atoms with Crippen LogP contribution in [0, 0.1) is 5.82 Å². The number of rotatable bonds is 4. The van der Waals surface area contributed by atoms with Crippen LogP contribution in [0.25, 0.3) is 22.3 Å². The number of piperidine rings is 1. The van der Waals surface area contributed by atoms with Crippen molar-refractivity contribution < 1.29 is 13.7 Å². The fraction of sp³-hybridized carbons (Fsp3) is 0.261. The van der Waals surface area contributed by atoms with E-state index >= 15 is 0 Å². The second-order valence-electron chi connectivity index (χ2n) is 7.62. The fourth-order valence-electron chi connectivity index (χ4n) is 4.02. The summed E-state index contributed by atoms with van der Waals surface area (Å²) >= 11 is 0. The monoisotopic (exact) mass is 404 g/mol. The van der Waals surface area contributed by atoms with Crippen molar-refractivity contribution in [3.05, 3.63) is 72.5 Å². The Morgan fingerprint density at radius 2 is 1.83 bits per heavy atom. The molecule has 0 spiro atoms. The van der Waals surface area contributed by atoms with E-state index in [0.717, 1.165) is 29.3 Å². The summed E-state index contributed by atoms with van der Waals surface area (Å²) in [4.78, 5) is 19.2. The Bertz CT molecular complexity index is 1170. The molecule has 6 nitrogen and oxygen atoms in total. The van der Waals surface area contributed by atoms with Crippen LogP contribution < -0.4 is 0 Å². The predicted molar refractivity (Wildman–Crippen MR) is 110 cm³/mol. The van der Waals surface area contributed by atoms with Crippen LogP contribution in [0.4, 0.5) is 4.39 Å². The van der Waals surface area contributed by atoms with Gasteiger partial charge in [-0.25, -0.2) is 4.39 Å². The largest absolute Gasteiger partial charge is 0.341 e. The zero-order valence-electron chi connectivity index (χ0n) is 16.4. The number of likely N-dealkylation sites (tertiary alicyclic amines) is 1. The summed E-state index contributed by atoms with van der Waals surface area (Å²) in [5.74, 6) is 0.990. The molecular weight excluding hydrogens is 383 g/mol. The van der Waals surface area contributed by atoms with Crippen LogP contribution in [0.5, 0.6) is 0 Å². The van der Waals surface area contributed by atoms with Crippen LogP contribution in [0.2, 0.25) is 0 Å². The van der Waals surface area contributed by atoms with Crippen molar-refractivity contribution >= 4 is 16.8 Å². The summed E-state index contributed by atoms with van der Waals surface area (Å²) in [6, 6.07) is 16.1. The summed E-state index contributed by atoms with van der Waals surface area (Å²) in [7, 11) is 0. The van der Waals surface area contributed by atoms with Gasteiger partial charge in [0.15, 0.2) is 0 Å². The average molecular weight is 404 g/mol. The number of nitrogens with zero attached hydrogens (tertiary/aromatic N) is 4. The number of amides is 1. The number of fused-ring (bicyclic) bond motifs is 1. The van der Waals surface area contributed by atoms with Gasteiger partial charge in [0, 0.05) is 36.3 Å². The first kappa shape index (κ1) is 18.5. The highest BCUT2D eigenvalue weighted by molar-refractivity contribution is 5.83. The number of halogens is 1. The minimum Gasteiger partial charge on any atom is -0.341 e. The first-order chi connectivity index (χ1) is 14.7. The first-order valence-corrected chi connectivity index (χ1v) is 10.1. The highest BCUT2D eigenvalue weighted by Gasteiger charge is 2.27. The third-order valence-electron chi connectivity index (χ3n) is 5.73. The van der Waals surface area contributed by atoms with E-state index in [0.29, 0.717) is 31.3 Å². The van der Waals surface area contributed by atoms with E-state index in [1.165, 1.54) is 12.1 Å². The minimum absolute atomic E-state index is 0.118. The zero-order valence-corrected chi connectivity index (χ0v) is 16.4. The number of benzene rings is 2. The van der Waals surface area contributed by atoms with Crippen LogP contribution >= 0.6 is 0 Å². The van der Waals surface area contributed by atoms with Gasteiger partial charge in [-0.3, -0.25) is 4.79 Å². The molecule has 7 heteroatoms. The van der Waals surface area contributed by atoms with Crippen molar-refractivity contribution in [2.75, 3.05) is 13.1 Å². The second kappa shape index (κ2) is 7.74. The molecule has 0 saturated carbocycles. The highest BCUT2D eigenvalue weighted by atomic mass is 19.1. The number of hydrogen-bond acceptors (Lipinski definition) is 4. The molecule has 1 amide bonds. The van der Waals surface area contributed by atoms with Crippen LogP contribution in [-0.2, 0) is 11.3 Å². The maximum absolute atomic E-state index is 13.1. The van der Waals surface area contributed by atoms with Crippen LogP contribution in [0.1, 0.15) is 24.7 Å². The molecule has 2 aromatic carbocycles. The summed E-state index contributed by atoms with van der Waals surface area (Å²) in [6.45, 7) is 1.67. The molecule has 3 heterocycles. The van der Waals surface area contributed by atoms with Gasteiger partial charge in [-0.15, -0.1) is 0 Å². The Hall–Kier alpha value is -3.48. The van der Waals surface area contributed by atoms with Gasteiger partial charge in [-0.1, -0.05) is 23.4 Å². The molecule has 0 aliphatic carbocycles. The van der Waals surface area contributed by atoms with Gasteiger partial charge in [0.25, 0.3) is 0 Å². The molecule has 1 saturated heterocycles. The van der Waals surface area contributed by atoms with Gasteiger partial charge < -0.3 is 14.0 Å². The number of carbonyl (C=O) groups excluding carboxylic acids is 1. The third kappa shape index (κ3) is 3.58. The number of hydrogen-bond donors (Lipinski definition) is 0. The third-order valence-corrected chi connectivity index (χ3v) is 5.73. The topological polar surface area (TPSA) is 64.2 Å². The summed E-state index contributed by atoms with van der Waals surface area (Å²) in [5.41, 5.74) is 1.79. The molecule has 0 unspecified atom stereocenters.